The summed E-state index contributed by atoms with van der Waals surface area (Å²) in [5.74, 6) is 0. The first-order chi connectivity index (χ1) is 9.29. The van der Waals surface area contributed by atoms with Crippen LogP contribution in [0.15, 0.2) is 29.4 Å². The Bertz CT molecular complexity index is 720. The van der Waals surface area contributed by atoms with Crippen molar-refractivity contribution in [1.29, 1.82) is 0 Å². The van der Waals surface area contributed by atoms with E-state index in [0.29, 0.717) is 0 Å². The normalized spacial score (nSPS) is 11.8. The molecule has 1 aromatic carbocycles. The Kier molecular flexibility index (Phi) is 4.24. The van der Waals surface area contributed by atoms with Crippen molar-refractivity contribution in [2.45, 2.75) is 11.4 Å². The lowest BCUT2D eigenvalue weighted by Crippen LogP contribution is -2.24. The molecule has 0 aliphatic rings. The highest BCUT2D eigenvalue weighted by molar-refractivity contribution is 7.89. The van der Waals surface area contributed by atoms with E-state index in [-0.39, 0.29) is 27.2 Å². The number of aromatic nitrogens is 2. The number of halogens is 2. The van der Waals surface area contributed by atoms with Crippen molar-refractivity contribution in [1.82, 2.24) is 14.5 Å². The molecule has 0 bridgehead atoms. The Hall–Kier alpha value is -1.28. The fourth-order valence-corrected chi connectivity index (χ4v) is 3.68. The predicted octanol–water partition coefficient (Wildman–Crippen LogP) is 1.79. The van der Waals surface area contributed by atoms with Crippen LogP contribution in [-0.4, -0.2) is 18.2 Å². The maximum atomic E-state index is 12.2. The molecule has 0 aliphatic heterocycles. The molecule has 0 unspecified atom stereocenters. The maximum Gasteiger partial charge on any atom is 0.244 e. The Balaban J connectivity index is 2.27. The highest BCUT2D eigenvalue weighted by Gasteiger charge is 2.21. The van der Waals surface area contributed by atoms with Crippen molar-refractivity contribution in [3.05, 3.63) is 40.1 Å². The van der Waals surface area contributed by atoms with E-state index in [9.17, 15) is 8.42 Å². The van der Waals surface area contributed by atoms with Crippen LogP contribution in [0.3, 0.4) is 0 Å². The van der Waals surface area contributed by atoms with Crippen LogP contribution in [0.4, 0.5) is 5.69 Å². The van der Waals surface area contributed by atoms with Gasteiger partial charge in [-0.2, -0.15) is 5.10 Å². The van der Waals surface area contributed by atoms with E-state index >= 15 is 0 Å². The minimum atomic E-state index is -3.83. The molecule has 20 heavy (non-hydrogen) atoms. The second-order valence-corrected chi connectivity index (χ2v) is 6.70. The number of aryl methyl sites for hydroxylation is 1. The van der Waals surface area contributed by atoms with Gasteiger partial charge in [-0.05, 0) is 12.1 Å². The van der Waals surface area contributed by atoms with Gasteiger partial charge in [0.05, 0.1) is 16.9 Å². The lowest BCUT2D eigenvalue weighted by molar-refractivity contribution is 0.582. The SMILES string of the molecule is Cn1cc(CNS(=O)(=O)c2c(N)cc(Cl)cc2Cl)cn1. The molecule has 3 N–H and O–H groups in total. The lowest BCUT2D eigenvalue weighted by Gasteiger charge is -2.10. The van der Waals surface area contributed by atoms with Gasteiger partial charge in [0, 0.05) is 30.4 Å². The van der Waals surface area contributed by atoms with Crippen LogP contribution in [0.1, 0.15) is 5.56 Å². The Labute approximate surface area is 126 Å². The maximum absolute atomic E-state index is 12.2. The van der Waals surface area contributed by atoms with Crippen LogP contribution < -0.4 is 10.5 Å². The summed E-state index contributed by atoms with van der Waals surface area (Å²) in [6, 6.07) is 2.67. The average molecular weight is 335 g/mol. The molecule has 2 aromatic rings. The number of benzene rings is 1. The summed E-state index contributed by atoms with van der Waals surface area (Å²) in [7, 11) is -2.09. The van der Waals surface area contributed by atoms with Gasteiger partial charge in [-0.25, -0.2) is 13.1 Å². The molecule has 0 saturated carbocycles. The largest absolute Gasteiger partial charge is 0.398 e. The van der Waals surface area contributed by atoms with Gasteiger partial charge in [-0.1, -0.05) is 23.2 Å². The quantitative estimate of drug-likeness (QED) is 0.834. The number of rotatable bonds is 4. The third kappa shape index (κ3) is 3.24. The van der Waals surface area contributed by atoms with E-state index in [1.54, 1.807) is 24.1 Å². The minimum Gasteiger partial charge on any atom is -0.398 e. The van der Waals surface area contributed by atoms with Gasteiger partial charge in [0.1, 0.15) is 4.90 Å². The van der Waals surface area contributed by atoms with Crippen LogP contribution in [-0.2, 0) is 23.6 Å². The minimum absolute atomic E-state index is 0.00110. The summed E-state index contributed by atoms with van der Waals surface area (Å²) in [4.78, 5) is -0.174. The summed E-state index contributed by atoms with van der Waals surface area (Å²) < 4.78 is 28.4. The molecule has 0 amide bonds. The molecule has 0 radical (unpaired) electrons. The van der Waals surface area contributed by atoms with Gasteiger partial charge < -0.3 is 5.73 Å². The van der Waals surface area contributed by atoms with Gasteiger partial charge in [0.2, 0.25) is 10.0 Å². The van der Waals surface area contributed by atoms with E-state index in [4.69, 9.17) is 28.9 Å². The molecular weight excluding hydrogens is 323 g/mol. The summed E-state index contributed by atoms with van der Waals surface area (Å²) in [5, 5.41) is 4.21. The molecular formula is C11H12Cl2N4O2S. The first kappa shape index (κ1) is 15.1. The summed E-state index contributed by atoms with van der Waals surface area (Å²) in [5.41, 5.74) is 6.40. The van der Waals surface area contributed by atoms with Crippen LogP contribution in [0.25, 0.3) is 0 Å². The topological polar surface area (TPSA) is 90.0 Å². The molecule has 1 aromatic heterocycles. The number of anilines is 1. The average Bonchev–Trinajstić information content (AvgIpc) is 2.71. The molecule has 0 fully saturated rings. The van der Waals surface area contributed by atoms with Gasteiger partial charge >= 0.3 is 0 Å². The van der Waals surface area contributed by atoms with Crippen LogP contribution in [0, 0.1) is 0 Å². The van der Waals surface area contributed by atoms with E-state index in [1.807, 2.05) is 0 Å². The number of sulfonamides is 1. The van der Waals surface area contributed by atoms with Gasteiger partial charge in [-0.15, -0.1) is 0 Å². The van der Waals surface area contributed by atoms with Crippen LogP contribution >= 0.6 is 23.2 Å². The Morgan fingerprint density at radius 3 is 2.65 bits per heavy atom. The predicted molar refractivity (Wildman–Crippen MR) is 78.1 cm³/mol. The molecule has 0 aliphatic carbocycles. The van der Waals surface area contributed by atoms with E-state index in [0.717, 1.165) is 5.56 Å². The van der Waals surface area contributed by atoms with Crippen LogP contribution in [0.5, 0.6) is 0 Å². The van der Waals surface area contributed by atoms with E-state index in [1.165, 1.54) is 12.1 Å². The lowest BCUT2D eigenvalue weighted by atomic mass is 10.3. The van der Waals surface area contributed by atoms with Gasteiger partial charge in [-0.3, -0.25) is 4.68 Å². The standard InChI is InChI=1S/C11H12Cl2N4O2S/c1-17-6-7(4-15-17)5-16-20(18,19)11-9(13)2-8(12)3-10(11)14/h2-4,6,16H,5,14H2,1H3. The highest BCUT2D eigenvalue weighted by Crippen LogP contribution is 2.31. The van der Waals surface area contributed by atoms with Crippen LogP contribution in [0.2, 0.25) is 10.0 Å². The van der Waals surface area contributed by atoms with Gasteiger partial charge in [0.15, 0.2) is 0 Å². The smallest absolute Gasteiger partial charge is 0.244 e. The second kappa shape index (κ2) is 5.61. The summed E-state index contributed by atoms with van der Waals surface area (Å²) in [6.07, 6.45) is 3.27. The molecule has 9 heteroatoms. The second-order valence-electron chi connectivity index (χ2n) is 4.15. The first-order valence-corrected chi connectivity index (χ1v) is 7.75. The number of hydrogen-bond donors (Lipinski definition) is 2. The molecule has 108 valence electrons. The van der Waals surface area contributed by atoms with Crippen molar-refractivity contribution < 1.29 is 8.42 Å². The van der Waals surface area contributed by atoms with E-state index in [2.05, 4.69) is 9.82 Å². The number of nitrogens with zero attached hydrogens (tertiary/aromatic N) is 2. The van der Waals surface area contributed by atoms with E-state index < -0.39 is 10.0 Å². The molecule has 6 nitrogen and oxygen atoms in total. The zero-order valence-corrected chi connectivity index (χ0v) is 12.8. The number of hydrogen-bond acceptors (Lipinski definition) is 4. The number of nitrogens with one attached hydrogen (secondary N) is 1. The van der Waals surface area contributed by atoms with Crippen molar-refractivity contribution in [2.75, 3.05) is 5.73 Å². The highest BCUT2D eigenvalue weighted by atomic mass is 35.5. The third-order valence-corrected chi connectivity index (χ3v) is 4.68. The molecule has 0 atom stereocenters. The van der Waals surface area contributed by atoms with Crippen molar-refractivity contribution in [3.8, 4) is 0 Å². The Morgan fingerprint density at radius 2 is 2.10 bits per heavy atom. The van der Waals surface area contributed by atoms with Crippen molar-refractivity contribution >= 4 is 38.9 Å². The van der Waals surface area contributed by atoms with Crippen molar-refractivity contribution in [2.24, 2.45) is 7.05 Å². The van der Waals surface area contributed by atoms with Crippen molar-refractivity contribution in [3.63, 3.8) is 0 Å². The zero-order valence-electron chi connectivity index (χ0n) is 10.5. The number of nitrogens with two attached hydrogens (primary N) is 1. The Morgan fingerprint density at radius 1 is 1.40 bits per heavy atom. The van der Waals surface area contributed by atoms with Gasteiger partial charge in [0.25, 0.3) is 0 Å². The monoisotopic (exact) mass is 334 g/mol. The zero-order chi connectivity index (χ0) is 14.9. The molecule has 0 spiro atoms. The number of nitrogen functional groups attached to an aromatic ring is 1. The fraction of sp³-hybridized carbons (Fsp3) is 0.182. The first-order valence-electron chi connectivity index (χ1n) is 5.51. The third-order valence-electron chi connectivity index (χ3n) is 2.53. The molecule has 2 rings (SSSR count). The summed E-state index contributed by atoms with van der Waals surface area (Å²) in [6.45, 7) is 0.0918. The molecule has 0 saturated heterocycles. The summed E-state index contributed by atoms with van der Waals surface area (Å²) >= 11 is 11.7. The molecule has 1 heterocycles. The fourth-order valence-electron chi connectivity index (χ4n) is 1.68.